The number of amides is 2. The van der Waals surface area contributed by atoms with Crippen LogP contribution in [0.25, 0.3) is 0 Å². The molecule has 4 rings (SSSR count). The molecule has 1 fully saturated rings. The van der Waals surface area contributed by atoms with E-state index in [2.05, 4.69) is 5.43 Å². The number of nitro groups is 1. The second-order valence-electron chi connectivity index (χ2n) is 7.59. The number of imide groups is 1. The lowest BCUT2D eigenvalue weighted by Gasteiger charge is -2.40. The van der Waals surface area contributed by atoms with Gasteiger partial charge in [-0.1, -0.05) is 30.4 Å². The van der Waals surface area contributed by atoms with Crippen molar-refractivity contribution in [2.75, 3.05) is 19.6 Å². The van der Waals surface area contributed by atoms with E-state index < -0.39 is 34.9 Å². The molecule has 1 saturated heterocycles. The van der Waals surface area contributed by atoms with Gasteiger partial charge in [0.2, 0.25) is 11.8 Å². The zero-order valence-electron chi connectivity index (χ0n) is 17.4. The first-order valence-electron chi connectivity index (χ1n) is 9.93. The van der Waals surface area contributed by atoms with E-state index in [9.17, 15) is 24.8 Å². The number of hydrogen-bond donors (Lipinski definition) is 2. The summed E-state index contributed by atoms with van der Waals surface area (Å²) in [4.78, 5) is 37.0. The molecular formula is C22H22N4O6. The fourth-order valence-corrected chi connectivity index (χ4v) is 4.11. The zero-order chi connectivity index (χ0) is 23.0. The van der Waals surface area contributed by atoms with Crippen molar-refractivity contribution in [2.24, 2.45) is 5.92 Å². The van der Waals surface area contributed by atoms with Crippen molar-refractivity contribution in [3.8, 4) is 5.75 Å². The van der Waals surface area contributed by atoms with Gasteiger partial charge in [-0.25, -0.2) is 5.01 Å². The van der Waals surface area contributed by atoms with E-state index in [-0.39, 0.29) is 11.6 Å². The molecule has 2 heterocycles. The van der Waals surface area contributed by atoms with Crippen LogP contribution < -0.4 is 10.2 Å². The number of likely N-dealkylation sites (tertiary alicyclic amines) is 1. The SMILES string of the molecule is COc1ccccc1[C@@H](O)C1C=C[C@H]2C(=O)N(C)C(=O)[C@H]2N1Nc1ccc([N+](=O)[O-])cc1. The normalized spacial score (nSPS) is 23.7. The minimum atomic E-state index is -1.09. The van der Waals surface area contributed by atoms with Crippen molar-refractivity contribution < 1.29 is 24.4 Å². The molecule has 10 nitrogen and oxygen atoms in total. The molecule has 2 aliphatic heterocycles. The van der Waals surface area contributed by atoms with Gasteiger partial charge in [-0.15, -0.1) is 0 Å². The van der Waals surface area contributed by atoms with Crippen LogP contribution in [0.15, 0.2) is 60.7 Å². The summed E-state index contributed by atoms with van der Waals surface area (Å²) in [6, 6.07) is 11.0. The molecule has 166 valence electrons. The van der Waals surface area contributed by atoms with E-state index in [1.807, 2.05) is 0 Å². The number of non-ortho nitro benzene ring substituents is 1. The first kappa shape index (κ1) is 21.5. The zero-order valence-corrected chi connectivity index (χ0v) is 17.4. The Morgan fingerprint density at radius 1 is 1.09 bits per heavy atom. The summed E-state index contributed by atoms with van der Waals surface area (Å²) >= 11 is 0. The Balaban J connectivity index is 1.73. The number of ether oxygens (including phenoxy) is 1. The molecule has 2 amide bonds. The largest absolute Gasteiger partial charge is 0.496 e. The predicted octanol–water partition coefficient (Wildman–Crippen LogP) is 1.89. The number of nitro benzene ring substituents is 1. The summed E-state index contributed by atoms with van der Waals surface area (Å²) in [6.45, 7) is 0. The molecule has 0 bridgehead atoms. The van der Waals surface area contributed by atoms with Crippen molar-refractivity contribution in [1.82, 2.24) is 9.91 Å². The summed E-state index contributed by atoms with van der Waals surface area (Å²) in [6.07, 6.45) is 2.23. The Morgan fingerprint density at radius 3 is 2.44 bits per heavy atom. The molecule has 0 aromatic heterocycles. The van der Waals surface area contributed by atoms with Crippen molar-refractivity contribution >= 4 is 23.2 Å². The van der Waals surface area contributed by atoms with Crippen LogP contribution in [0, 0.1) is 16.0 Å². The lowest BCUT2D eigenvalue weighted by molar-refractivity contribution is -0.384. The highest BCUT2D eigenvalue weighted by Gasteiger charge is 2.52. The second kappa shape index (κ2) is 8.40. The topological polar surface area (TPSA) is 125 Å². The lowest BCUT2D eigenvalue weighted by Crippen LogP contribution is -2.55. The minimum absolute atomic E-state index is 0.0792. The number of likely N-dealkylation sites (N-methyl/N-ethyl adjacent to an activating group) is 1. The van der Waals surface area contributed by atoms with E-state index in [0.717, 1.165) is 4.90 Å². The average molecular weight is 438 g/mol. The van der Waals surface area contributed by atoms with Crippen LogP contribution in [-0.4, -0.2) is 58.0 Å². The van der Waals surface area contributed by atoms with Gasteiger partial charge in [0.15, 0.2) is 0 Å². The first-order chi connectivity index (χ1) is 15.3. The van der Waals surface area contributed by atoms with E-state index in [1.54, 1.807) is 36.4 Å². The van der Waals surface area contributed by atoms with Gasteiger partial charge in [-0.05, 0) is 18.2 Å². The summed E-state index contributed by atoms with van der Waals surface area (Å²) in [7, 11) is 2.92. The first-order valence-corrected chi connectivity index (χ1v) is 9.93. The molecule has 0 spiro atoms. The summed E-state index contributed by atoms with van der Waals surface area (Å²) in [5.41, 5.74) is 3.99. The van der Waals surface area contributed by atoms with Gasteiger partial charge in [0.25, 0.3) is 5.69 Å². The molecule has 0 radical (unpaired) electrons. The Morgan fingerprint density at radius 2 is 1.78 bits per heavy atom. The van der Waals surface area contributed by atoms with E-state index in [0.29, 0.717) is 17.0 Å². The fourth-order valence-electron chi connectivity index (χ4n) is 4.11. The fraction of sp³-hybridized carbons (Fsp3) is 0.273. The minimum Gasteiger partial charge on any atom is -0.496 e. The number of anilines is 1. The third-order valence-corrected chi connectivity index (χ3v) is 5.79. The maximum Gasteiger partial charge on any atom is 0.269 e. The smallest absolute Gasteiger partial charge is 0.269 e. The van der Waals surface area contributed by atoms with E-state index in [4.69, 9.17) is 4.74 Å². The molecule has 0 aliphatic carbocycles. The number of methoxy groups -OCH3 is 1. The van der Waals surface area contributed by atoms with Gasteiger partial charge in [0, 0.05) is 30.4 Å². The summed E-state index contributed by atoms with van der Waals surface area (Å²) in [5, 5.41) is 23.7. The molecule has 2 aliphatic rings. The predicted molar refractivity (Wildman–Crippen MR) is 114 cm³/mol. The van der Waals surface area contributed by atoms with Gasteiger partial charge in [0.1, 0.15) is 17.9 Å². The lowest BCUT2D eigenvalue weighted by atomic mass is 9.90. The van der Waals surface area contributed by atoms with Crippen LogP contribution in [0.5, 0.6) is 5.75 Å². The van der Waals surface area contributed by atoms with Crippen LogP contribution in [0.2, 0.25) is 0 Å². The molecule has 2 N–H and O–H groups in total. The third kappa shape index (κ3) is 3.59. The molecule has 0 saturated carbocycles. The van der Waals surface area contributed by atoms with Gasteiger partial charge < -0.3 is 15.3 Å². The quantitative estimate of drug-likeness (QED) is 0.303. The number of rotatable bonds is 6. The van der Waals surface area contributed by atoms with Gasteiger partial charge >= 0.3 is 0 Å². The van der Waals surface area contributed by atoms with E-state index in [1.165, 1.54) is 43.4 Å². The highest BCUT2D eigenvalue weighted by atomic mass is 16.6. The number of fused-ring (bicyclic) bond motifs is 1. The number of benzene rings is 2. The number of carbonyl (C=O) groups excluding carboxylic acids is 2. The Hall–Kier alpha value is -3.76. The number of aliphatic hydroxyl groups excluding tert-OH is 1. The standard InChI is InChI=1S/C22H22N4O6/c1-24-21(28)16-11-12-17(20(27)15-5-3-4-6-18(15)32-2)25(19(16)22(24)29)23-13-7-9-14(10-8-13)26(30)31/h3-12,16-17,19-20,23,27H,1-2H3/t16-,17?,19+,20-/m1/s1. The van der Waals surface area contributed by atoms with Crippen LogP contribution in [-0.2, 0) is 9.59 Å². The molecular weight excluding hydrogens is 416 g/mol. The Bertz CT molecular complexity index is 1090. The van der Waals surface area contributed by atoms with Gasteiger partial charge in [-0.3, -0.25) is 24.6 Å². The van der Waals surface area contributed by atoms with Crippen LogP contribution in [0.4, 0.5) is 11.4 Å². The monoisotopic (exact) mass is 438 g/mol. The highest BCUT2D eigenvalue weighted by Crippen LogP contribution is 2.37. The number of para-hydroxylation sites is 1. The maximum absolute atomic E-state index is 12.9. The van der Waals surface area contributed by atoms with Crippen LogP contribution >= 0.6 is 0 Å². The summed E-state index contributed by atoms with van der Waals surface area (Å²) in [5.74, 6) is -0.969. The maximum atomic E-state index is 12.9. The average Bonchev–Trinajstić information content (AvgIpc) is 3.03. The van der Waals surface area contributed by atoms with Gasteiger partial charge in [0.05, 0.1) is 24.0 Å². The number of nitrogens with one attached hydrogen (secondary N) is 1. The molecule has 2 aromatic carbocycles. The van der Waals surface area contributed by atoms with Crippen LogP contribution in [0.3, 0.4) is 0 Å². The van der Waals surface area contributed by atoms with Crippen molar-refractivity contribution in [1.29, 1.82) is 0 Å². The highest BCUT2D eigenvalue weighted by molar-refractivity contribution is 6.08. The Labute approximate surface area is 183 Å². The molecule has 2 aromatic rings. The molecule has 1 unspecified atom stereocenters. The third-order valence-electron chi connectivity index (χ3n) is 5.79. The van der Waals surface area contributed by atoms with Crippen molar-refractivity contribution in [3.63, 3.8) is 0 Å². The Kier molecular flexibility index (Phi) is 5.64. The van der Waals surface area contributed by atoms with Crippen molar-refractivity contribution in [3.05, 3.63) is 76.4 Å². The number of carbonyl (C=O) groups is 2. The van der Waals surface area contributed by atoms with E-state index >= 15 is 0 Å². The number of hydrazine groups is 1. The molecule has 10 heteroatoms. The van der Waals surface area contributed by atoms with Crippen LogP contribution in [0.1, 0.15) is 11.7 Å². The molecule has 4 atom stereocenters. The van der Waals surface area contributed by atoms with Gasteiger partial charge in [-0.2, -0.15) is 0 Å². The number of hydrogen-bond acceptors (Lipinski definition) is 8. The number of aliphatic hydroxyl groups is 1. The summed E-state index contributed by atoms with van der Waals surface area (Å²) < 4.78 is 5.37. The molecule has 32 heavy (non-hydrogen) atoms. The second-order valence-corrected chi connectivity index (χ2v) is 7.59. The van der Waals surface area contributed by atoms with Crippen molar-refractivity contribution in [2.45, 2.75) is 18.2 Å². The number of nitrogens with zero attached hydrogens (tertiary/aromatic N) is 3.